The number of sulfonamides is 2. The molecule has 576 valence electrons. The molecule has 2 aromatic heterocycles. The number of pyridine rings is 2. The zero-order valence-corrected chi connectivity index (χ0v) is 61.9. The summed E-state index contributed by atoms with van der Waals surface area (Å²) in [5, 5.41) is 10.3. The molecule has 6 N–H and O–H groups in total. The number of carbonyl (C=O) groups is 8. The summed E-state index contributed by atoms with van der Waals surface area (Å²) in [5.74, 6) is -6.63. The summed E-state index contributed by atoms with van der Waals surface area (Å²) in [6, 6.07) is 3.43. The third-order valence-electron chi connectivity index (χ3n) is 18.8. The molecule has 0 bridgehead atoms. The van der Waals surface area contributed by atoms with Gasteiger partial charge in [0, 0.05) is 58.6 Å². The minimum atomic E-state index is -3.95. The minimum Gasteiger partial charge on any atom is -0.472 e. The third kappa shape index (κ3) is 16.7. The summed E-state index contributed by atoms with van der Waals surface area (Å²) >= 11 is 0. The van der Waals surface area contributed by atoms with Crippen LogP contribution in [-0.2, 0) is 58.3 Å². The van der Waals surface area contributed by atoms with Crippen molar-refractivity contribution in [3.8, 4) is 34.8 Å². The standard InChI is InChI=1S/2C35H43F2N5O10S/c2*1-8-18-16-34(18,30(45)41-53(47,48)20-9-10-20)40-27(43)23-15-19(17-42(23)29(44)26(32(2,3)4)39-31(46)52-33(5,6)7)49-28-22-11-12-24-25(21(22)13-14-38-28)51-35(36,37)50-24/h2*8,11-14,18-20,23,26H,1,9-10,15-17H2,2-7H3,(H,39,46)(H,40,43)(H,41,45)/t2*18-,19-,23+,26-,34-/m11/s1. The van der Waals surface area contributed by atoms with Crippen LogP contribution < -0.4 is 59.1 Å². The number of likely N-dealkylation sites (tertiary alicyclic amines) is 2. The van der Waals surface area contributed by atoms with Crippen LogP contribution in [0.3, 0.4) is 0 Å². The number of alkyl halides is 4. The third-order valence-corrected chi connectivity index (χ3v) is 22.5. The van der Waals surface area contributed by atoms with Crippen molar-refractivity contribution in [2.24, 2.45) is 22.7 Å². The number of alkyl carbamates (subject to hydrolysis) is 2. The summed E-state index contributed by atoms with van der Waals surface area (Å²) in [4.78, 5) is 121. The number of ether oxygens (including phenoxy) is 8. The first-order valence-corrected chi connectivity index (χ1v) is 37.5. The molecule has 106 heavy (non-hydrogen) atoms. The number of fused-ring (bicyclic) bond motifs is 6. The lowest BCUT2D eigenvalue weighted by Crippen LogP contribution is -2.60. The van der Waals surface area contributed by atoms with Crippen LogP contribution in [0.2, 0.25) is 0 Å². The Bertz CT molecular complexity index is 4230. The molecule has 0 unspecified atom stereocenters. The average molecular weight is 1530 g/mol. The van der Waals surface area contributed by atoms with Crippen LogP contribution in [0.25, 0.3) is 21.5 Å². The highest BCUT2D eigenvalue weighted by Crippen LogP contribution is 2.51. The van der Waals surface area contributed by atoms with E-state index in [4.69, 9.17) is 28.4 Å². The fourth-order valence-electron chi connectivity index (χ4n) is 13.0. The van der Waals surface area contributed by atoms with Crippen LogP contribution in [0.5, 0.6) is 34.8 Å². The molecule has 0 spiro atoms. The summed E-state index contributed by atoms with van der Waals surface area (Å²) in [7, 11) is -7.90. The van der Waals surface area contributed by atoms with Gasteiger partial charge < -0.3 is 69.0 Å². The quantitative estimate of drug-likeness (QED) is 0.0382. The molecular weight excluding hydrogens is 1440 g/mol. The average Bonchev–Trinajstić information content (AvgIpc) is 1.59. The van der Waals surface area contributed by atoms with Crippen molar-refractivity contribution < 1.29 is 111 Å². The van der Waals surface area contributed by atoms with Gasteiger partial charge >= 0.3 is 24.8 Å². The molecule has 4 saturated carbocycles. The van der Waals surface area contributed by atoms with Gasteiger partial charge in [-0.25, -0.2) is 36.4 Å². The molecule has 2 saturated heterocycles. The molecule has 30 nitrogen and oxygen atoms in total. The van der Waals surface area contributed by atoms with Crippen LogP contribution in [0.4, 0.5) is 27.2 Å². The van der Waals surface area contributed by atoms with Crippen LogP contribution in [-0.4, -0.2) is 179 Å². The predicted molar refractivity (Wildman–Crippen MR) is 369 cm³/mol. The number of hydrogen-bond donors (Lipinski definition) is 6. The van der Waals surface area contributed by atoms with Gasteiger partial charge in [-0.3, -0.25) is 38.2 Å². The molecule has 6 heterocycles. The fraction of sp³-hybridized carbons (Fsp3) is 0.571. The molecule has 4 aliphatic heterocycles. The van der Waals surface area contributed by atoms with Crippen LogP contribution in [0.1, 0.15) is 134 Å². The Morgan fingerprint density at radius 1 is 0.538 bits per heavy atom. The van der Waals surface area contributed by atoms with Crippen molar-refractivity contribution in [3.05, 3.63) is 74.1 Å². The van der Waals surface area contributed by atoms with Gasteiger partial charge in [-0.05, 0) is 127 Å². The molecule has 0 radical (unpaired) electrons. The molecule has 36 heteroatoms. The van der Waals surface area contributed by atoms with E-state index in [-0.39, 0.29) is 95.1 Å². The van der Waals surface area contributed by atoms with Crippen molar-refractivity contribution in [1.82, 2.24) is 50.5 Å². The number of aromatic nitrogens is 2. The van der Waals surface area contributed by atoms with Gasteiger partial charge in [-0.2, -0.15) is 0 Å². The molecule has 8 aliphatic rings. The fourth-order valence-corrected chi connectivity index (χ4v) is 15.8. The molecule has 4 aliphatic carbocycles. The lowest BCUT2D eigenvalue weighted by atomic mass is 9.85. The molecule has 4 aromatic rings. The second-order valence-electron chi connectivity index (χ2n) is 31.8. The Hall–Kier alpha value is -9.48. The first-order chi connectivity index (χ1) is 49.1. The zero-order chi connectivity index (χ0) is 77.8. The minimum absolute atomic E-state index is 0.00290. The number of rotatable bonds is 20. The Labute approximate surface area is 608 Å². The van der Waals surface area contributed by atoms with Crippen molar-refractivity contribution in [2.75, 3.05) is 13.1 Å². The number of carbonyl (C=O) groups excluding carboxylic acids is 8. The number of amides is 8. The molecule has 6 fully saturated rings. The lowest BCUT2D eigenvalue weighted by Gasteiger charge is -2.36. The molecule has 8 amide bonds. The van der Waals surface area contributed by atoms with Gasteiger partial charge in [-0.1, -0.05) is 53.7 Å². The SMILES string of the molecule is C=C[C@@H]1C[C@]1(NC(=O)[C@@H]1C[C@@H](Oc2nccc3c4c(ccc23)OC(F)(F)O4)CN1C(=O)[C@@H](NC(=O)OC(C)(C)C)C(C)(C)C)C(=O)NS(=O)(=O)C1CC1.C=C[C@@H]1C[C@]1(NC(=O)[C@@H]1C[C@@H](Oc2nccc3c4c(ccc23)OC(F)(F)O4)CN1C(=O)[C@@H](NC(=O)OC(C)(C)C)C(C)(C)C)C(=O)NS(=O)(=O)C1CC1. The highest BCUT2D eigenvalue weighted by atomic mass is 32.2. The summed E-state index contributed by atoms with van der Waals surface area (Å²) in [5.41, 5.74) is -6.80. The van der Waals surface area contributed by atoms with Crippen LogP contribution in [0, 0.1) is 22.7 Å². The van der Waals surface area contributed by atoms with Gasteiger partial charge in [0.05, 0.1) is 23.6 Å². The van der Waals surface area contributed by atoms with E-state index >= 15 is 0 Å². The highest BCUT2D eigenvalue weighted by Gasteiger charge is 2.64. The summed E-state index contributed by atoms with van der Waals surface area (Å²) in [6.45, 7) is 27.4. The highest BCUT2D eigenvalue weighted by molar-refractivity contribution is 7.91. The summed E-state index contributed by atoms with van der Waals surface area (Å²) in [6.07, 6.45) is -4.16. The number of halogens is 4. The molecular formula is C70H86F4N10O20S2. The van der Waals surface area contributed by atoms with Crippen LogP contribution in [0.15, 0.2) is 74.1 Å². The maximum atomic E-state index is 14.4. The Morgan fingerprint density at radius 3 is 1.19 bits per heavy atom. The Morgan fingerprint density at radius 2 is 0.887 bits per heavy atom. The van der Waals surface area contributed by atoms with Crippen molar-refractivity contribution in [3.63, 3.8) is 0 Å². The van der Waals surface area contributed by atoms with E-state index in [1.807, 2.05) is 0 Å². The predicted octanol–water partition coefficient (Wildman–Crippen LogP) is 7.03. The largest absolute Gasteiger partial charge is 0.586 e. The van der Waals surface area contributed by atoms with E-state index in [0.717, 1.165) is 0 Å². The maximum Gasteiger partial charge on any atom is 0.586 e. The van der Waals surface area contributed by atoms with E-state index in [9.17, 15) is 72.8 Å². The van der Waals surface area contributed by atoms with Crippen LogP contribution >= 0.6 is 0 Å². The smallest absolute Gasteiger partial charge is 0.472 e. The van der Waals surface area contributed by atoms with E-state index in [2.05, 4.69) is 63.3 Å². The topological polar surface area (TPSA) is 383 Å². The number of nitrogens with zero attached hydrogens (tertiary/aromatic N) is 4. The van der Waals surface area contributed by atoms with Gasteiger partial charge in [-0.15, -0.1) is 30.7 Å². The van der Waals surface area contributed by atoms with E-state index in [1.54, 1.807) is 83.1 Å². The van der Waals surface area contributed by atoms with Gasteiger partial charge in [0.1, 0.15) is 58.7 Å². The lowest BCUT2D eigenvalue weighted by molar-refractivity contribution is -0.287. The Balaban J connectivity index is 0.000000212. The second kappa shape index (κ2) is 27.4. The molecule has 2 aromatic carbocycles. The number of nitrogens with one attached hydrogen (secondary N) is 6. The second-order valence-corrected chi connectivity index (χ2v) is 35.7. The van der Waals surface area contributed by atoms with E-state index < -0.39 is 172 Å². The van der Waals surface area contributed by atoms with E-state index in [0.29, 0.717) is 25.7 Å². The van der Waals surface area contributed by atoms with Gasteiger partial charge in [0.25, 0.3) is 11.8 Å². The Kier molecular flexibility index (Phi) is 20.1. The number of benzene rings is 2. The van der Waals surface area contributed by atoms with Crippen molar-refractivity contribution in [2.45, 2.75) is 216 Å². The van der Waals surface area contributed by atoms with Crippen molar-refractivity contribution >= 4 is 89.2 Å². The zero-order valence-electron chi connectivity index (χ0n) is 60.3. The van der Waals surface area contributed by atoms with Gasteiger partial charge in [0.2, 0.25) is 55.4 Å². The first kappa shape index (κ1) is 77.6. The number of hydrogen-bond acceptors (Lipinski definition) is 22. The van der Waals surface area contributed by atoms with Gasteiger partial charge in [0.15, 0.2) is 23.0 Å². The van der Waals surface area contributed by atoms with Crippen molar-refractivity contribution in [1.29, 1.82) is 0 Å². The maximum absolute atomic E-state index is 14.4. The van der Waals surface area contributed by atoms with E-state index in [1.165, 1.54) is 70.7 Å². The normalized spacial score (nSPS) is 25.3. The molecule has 12 rings (SSSR count). The summed E-state index contributed by atoms with van der Waals surface area (Å²) < 4.78 is 152. The monoisotopic (exact) mass is 1530 g/mol. The first-order valence-electron chi connectivity index (χ1n) is 34.4. The molecule has 10 atom stereocenters.